The van der Waals surface area contributed by atoms with Crippen LogP contribution in [0.15, 0.2) is 76.3 Å². The first-order valence-electron chi connectivity index (χ1n) is 9.62. The number of amides is 1. The smallest absolute Gasteiger partial charge is 0.355 e. The number of hydrogen-bond acceptors (Lipinski definition) is 6. The van der Waals surface area contributed by atoms with Gasteiger partial charge in [-0.05, 0) is 66.2 Å². The molecule has 0 radical (unpaired) electrons. The summed E-state index contributed by atoms with van der Waals surface area (Å²) in [7, 11) is 1.58. The Hall–Kier alpha value is -3.20. The highest BCUT2D eigenvalue weighted by molar-refractivity contribution is 9.10. The lowest BCUT2D eigenvalue weighted by Gasteiger charge is -2.04. The van der Waals surface area contributed by atoms with Gasteiger partial charge in [-0.2, -0.15) is 5.10 Å². The molecule has 0 aliphatic carbocycles. The van der Waals surface area contributed by atoms with Gasteiger partial charge >= 0.3 is 5.97 Å². The van der Waals surface area contributed by atoms with Gasteiger partial charge in [-0.15, -0.1) is 11.3 Å². The van der Waals surface area contributed by atoms with Crippen molar-refractivity contribution in [3.63, 3.8) is 0 Å². The third-order valence-electron chi connectivity index (χ3n) is 4.58. The number of hydrogen-bond donors (Lipinski definition) is 1. The predicted molar refractivity (Wildman–Crippen MR) is 134 cm³/mol. The third-order valence-corrected chi connectivity index (χ3v) is 6.71. The van der Waals surface area contributed by atoms with Crippen molar-refractivity contribution < 1.29 is 19.1 Å². The molecule has 4 rings (SSSR count). The average Bonchev–Trinajstić information content (AvgIpc) is 3.16. The maximum atomic E-state index is 12.6. The molecule has 3 aromatic carbocycles. The summed E-state index contributed by atoms with van der Waals surface area (Å²) in [4.78, 5) is 25.1. The average molecular weight is 544 g/mol. The molecule has 1 amide bonds. The number of methoxy groups -OCH3 is 1. The minimum Gasteiger partial charge on any atom is -0.497 e. The Morgan fingerprint density at radius 1 is 1.06 bits per heavy atom. The maximum absolute atomic E-state index is 12.6. The first kappa shape index (κ1) is 23.0. The minimum atomic E-state index is -0.539. The maximum Gasteiger partial charge on any atom is 0.355 e. The van der Waals surface area contributed by atoms with Gasteiger partial charge in [0, 0.05) is 20.1 Å². The van der Waals surface area contributed by atoms with Crippen molar-refractivity contribution in [3.8, 4) is 11.5 Å². The van der Waals surface area contributed by atoms with Crippen molar-refractivity contribution in [3.05, 3.63) is 92.2 Å². The third kappa shape index (κ3) is 5.42. The molecular formula is C24H16BrClN2O4S. The summed E-state index contributed by atoms with van der Waals surface area (Å²) >= 11 is 11.0. The normalized spacial score (nSPS) is 11.0. The van der Waals surface area contributed by atoms with Gasteiger partial charge in [-0.1, -0.05) is 33.6 Å². The molecule has 1 N–H and O–H groups in total. The number of benzene rings is 3. The highest BCUT2D eigenvalue weighted by Crippen LogP contribution is 2.37. The number of fused-ring (bicyclic) bond motifs is 1. The Kier molecular flexibility index (Phi) is 7.08. The quantitative estimate of drug-likeness (QED) is 0.134. The van der Waals surface area contributed by atoms with E-state index < -0.39 is 5.97 Å². The lowest BCUT2D eigenvalue weighted by Crippen LogP contribution is -2.17. The second-order valence-electron chi connectivity index (χ2n) is 6.78. The first-order chi connectivity index (χ1) is 15.9. The van der Waals surface area contributed by atoms with E-state index in [4.69, 9.17) is 21.1 Å². The molecule has 6 nitrogen and oxygen atoms in total. The molecule has 0 saturated carbocycles. The summed E-state index contributed by atoms with van der Waals surface area (Å²) in [5.74, 6) is 0.186. The number of hydrazone groups is 1. The van der Waals surface area contributed by atoms with E-state index in [1.807, 2.05) is 18.2 Å². The van der Waals surface area contributed by atoms with Gasteiger partial charge in [0.15, 0.2) is 0 Å². The molecule has 0 fully saturated rings. The zero-order valence-corrected chi connectivity index (χ0v) is 20.3. The SMILES string of the molecule is COc1ccc2c(Cl)c(C(=O)Oc3ccc(C=NNC(=O)c4cccc(Br)c4)cc3)sc2c1. The van der Waals surface area contributed by atoms with E-state index in [1.165, 1.54) is 17.6 Å². The van der Waals surface area contributed by atoms with Crippen molar-refractivity contribution in [1.82, 2.24) is 5.43 Å². The van der Waals surface area contributed by atoms with Gasteiger partial charge in [0.25, 0.3) is 5.91 Å². The molecule has 0 aliphatic heterocycles. The number of carbonyl (C=O) groups is 2. The number of esters is 1. The van der Waals surface area contributed by atoms with E-state index in [0.717, 1.165) is 20.1 Å². The lowest BCUT2D eigenvalue weighted by molar-refractivity contribution is 0.0739. The van der Waals surface area contributed by atoms with Crippen molar-refractivity contribution in [1.29, 1.82) is 0 Å². The van der Waals surface area contributed by atoms with E-state index in [2.05, 4.69) is 26.5 Å². The van der Waals surface area contributed by atoms with Crippen LogP contribution in [0.25, 0.3) is 10.1 Å². The zero-order chi connectivity index (χ0) is 23.4. The lowest BCUT2D eigenvalue weighted by atomic mass is 10.2. The van der Waals surface area contributed by atoms with Gasteiger partial charge in [0.2, 0.25) is 0 Å². The van der Waals surface area contributed by atoms with E-state index in [9.17, 15) is 9.59 Å². The van der Waals surface area contributed by atoms with E-state index in [0.29, 0.717) is 27.0 Å². The summed E-state index contributed by atoms with van der Waals surface area (Å²) in [5.41, 5.74) is 3.68. The molecule has 33 heavy (non-hydrogen) atoms. The Morgan fingerprint density at radius 2 is 1.82 bits per heavy atom. The molecular weight excluding hydrogens is 528 g/mol. The largest absolute Gasteiger partial charge is 0.497 e. The molecule has 166 valence electrons. The summed E-state index contributed by atoms with van der Waals surface area (Å²) in [5, 5.41) is 5.09. The number of rotatable bonds is 6. The molecule has 0 bridgehead atoms. The summed E-state index contributed by atoms with van der Waals surface area (Å²) < 4.78 is 12.3. The molecule has 0 unspecified atom stereocenters. The molecule has 0 aliphatic rings. The van der Waals surface area contributed by atoms with Crippen LogP contribution in [0, 0.1) is 0 Å². The van der Waals surface area contributed by atoms with Crippen LogP contribution in [0.4, 0.5) is 0 Å². The van der Waals surface area contributed by atoms with Gasteiger partial charge in [0.05, 0.1) is 18.3 Å². The van der Waals surface area contributed by atoms with Gasteiger partial charge in [-0.25, -0.2) is 10.2 Å². The molecule has 0 saturated heterocycles. The molecule has 0 spiro atoms. The highest BCUT2D eigenvalue weighted by atomic mass is 79.9. The standard InChI is InChI=1S/C24H16BrClN2O4S/c1-31-18-9-10-19-20(12-18)33-22(21(19)26)24(30)32-17-7-5-14(6-8-17)13-27-28-23(29)15-3-2-4-16(25)11-15/h2-13H,1H3,(H,28,29). The number of halogens is 2. The Labute approximate surface area is 206 Å². The van der Waals surface area contributed by atoms with Gasteiger partial charge in [-0.3, -0.25) is 4.79 Å². The van der Waals surface area contributed by atoms with Crippen molar-refractivity contribution in [2.75, 3.05) is 7.11 Å². The number of ether oxygens (including phenoxy) is 2. The Balaban J connectivity index is 1.40. The number of carbonyl (C=O) groups excluding carboxylic acids is 2. The van der Waals surface area contributed by atoms with Crippen molar-refractivity contribution >= 4 is 67.0 Å². The van der Waals surface area contributed by atoms with E-state index >= 15 is 0 Å². The predicted octanol–water partition coefficient (Wildman–Crippen LogP) is 6.31. The van der Waals surface area contributed by atoms with Crippen LogP contribution >= 0.6 is 38.9 Å². The Morgan fingerprint density at radius 3 is 2.55 bits per heavy atom. The van der Waals surface area contributed by atoms with Crippen LogP contribution in [0.1, 0.15) is 25.6 Å². The van der Waals surface area contributed by atoms with Crippen LogP contribution in [0.2, 0.25) is 5.02 Å². The Bertz CT molecular complexity index is 1370. The van der Waals surface area contributed by atoms with Crippen LogP contribution in [-0.4, -0.2) is 25.2 Å². The monoisotopic (exact) mass is 542 g/mol. The van der Waals surface area contributed by atoms with Crippen LogP contribution in [0.5, 0.6) is 11.5 Å². The summed E-state index contributed by atoms with van der Waals surface area (Å²) in [6.45, 7) is 0. The van der Waals surface area contributed by atoms with Crippen LogP contribution in [0.3, 0.4) is 0 Å². The highest BCUT2D eigenvalue weighted by Gasteiger charge is 2.19. The second-order valence-corrected chi connectivity index (χ2v) is 9.12. The summed E-state index contributed by atoms with van der Waals surface area (Å²) in [6.07, 6.45) is 1.50. The van der Waals surface area contributed by atoms with Crippen molar-refractivity contribution in [2.24, 2.45) is 5.10 Å². The molecule has 1 aromatic heterocycles. The number of nitrogens with zero attached hydrogens (tertiary/aromatic N) is 1. The van der Waals surface area contributed by atoms with Crippen LogP contribution in [-0.2, 0) is 0 Å². The molecule has 1 heterocycles. The van der Waals surface area contributed by atoms with Crippen molar-refractivity contribution in [2.45, 2.75) is 0 Å². The number of thiophene rings is 1. The minimum absolute atomic E-state index is 0.320. The molecule has 4 aromatic rings. The van der Waals surface area contributed by atoms with E-state index in [-0.39, 0.29) is 5.91 Å². The zero-order valence-electron chi connectivity index (χ0n) is 17.2. The molecule has 9 heteroatoms. The number of nitrogens with one attached hydrogen (secondary N) is 1. The van der Waals surface area contributed by atoms with E-state index in [1.54, 1.807) is 55.6 Å². The fourth-order valence-corrected chi connectivity index (χ4v) is 4.75. The van der Waals surface area contributed by atoms with Crippen LogP contribution < -0.4 is 14.9 Å². The second kappa shape index (κ2) is 10.2. The van der Waals surface area contributed by atoms with Gasteiger partial charge in [0.1, 0.15) is 16.4 Å². The fourth-order valence-electron chi connectivity index (χ4n) is 2.94. The fraction of sp³-hybridized carbons (Fsp3) is 0.0417. The topological polar surface area (TPSA) is 77.0 Å². The first-order valence-corrected chi connectivity index (χ1v) is 11.6. The molecule has 0 atom stereocenters. The van der Waals surface area contributed by atoms with Gasteiger partial charge < -0.3 is 9.47 Å². The summed E-state index contributed by atoms with van der Waals surface area (Å²) in [6, 6.07) is 19.1.